The van der Waals surface area contributed by atoms with Crippen LogP contribution in [0.15, 0.2) is 11.1 Å². The molecule has 0 aromatic heterocycles. The lowest BCUT2D eigenvalue weighted by Gasteiger charge is -2.24. The fourth-order valence-electron chi connectivity index (χ4n) is 1.20. The van der Waals surface area contributed by atoms with Gasteiger partial charge in [0.25, 0.3) is 0 Å². The van der Waals surface area contributed by atoms with Crippen molar-refractivity contribution in [2.75, 3.05) is 19.6 Å². The summed E-state index contributed by atoms with van der Waals surface area (Å²) in [6.45, 7) is 7.37. The van der Waals surface area contributed by atoms with Crippen molar-refractivity contribution in [3.63, 3.8) is 0 Å². The summed E-state index contributed by atoms with van der Waals surface area (Å²) in [5.41, 5.74) is 1.13. The molecule has 1 heterocycles. The van der Waals surface area contributed by atoms with Gasteiger partial charge in [-0.1, -0.05) is 6.92 Å². The van der Waals surface area contributed by atoms with E-state index in [0.29, 0.717) is 13.0 Å². The van der Waals surface area contributed by atoms with Gasteiger partial charge < -0.3 is 15.7 Å². The highest BCUT2D eigenvalue weighted by Crippen LogP contribution is 2.10. The van der Waals surface area contributed by atoms with E-state index in [1.807, 2.05) is 13.8 Å². The van der Waals surface area contributed by atoms with Crippen molar-refractivity contribution >= 4 is 5.91 Å². The van der Waals surface area contributed by atoms with Gasteiger partial charge >= 0.3 is 0 Å². The number of hydrogen-bond donors (Lipinski definition) is 3. The molecule has 0 bridgehead atoms. The molecule has 0 aliphatic carbocycles. The molecule has 1 atom stereocenters. The quantitative estimate of drug-likeness (QED) is 0.583. The third-order valence-electron chi connectivity index (χ3n) is 2.94. The second-order valence-corrected chi connectivity index (χ2v) is 4.37. The number of rotatable bonds is 4. The van der Waals surface area contributed by atoms with Gasteiger partial charge in [0, 0.05) is 25.2 Å². The fraction of sp³-hybridized carbons (Fsp3) is 0.727. The first-order valence-corrected chi connectivity index (χ1v) is 5.36. The molecule has 1 aliphatic rings. The van der Waals surface area contributed by atoms with Gasteiger partial charge in [-0.15, -0.1) is 0 Å². The third kappa shape index (κ3) is 3.32. The van der Waals surface area contributed by atoms with E-state index < -0.39 is 5.60 Å². The van der Waals surface area contributed by atoms with E-state index in [1.54, 1.807) is 6.92 Å². The number of amides is 1. The van der Waals surface area contributed by atoms with E-state index in [4.69, 9.17) is 0 Å². The molecule has 15 heavy (non-hydrogen) atoms. The summed E-state index contributed by atoms with van der Waals surface area (Å²) in [7, 11) is 0. The molecule has 1 unspecified atom stereocenters. The van der Waals surface area contributed by atoms with Crippen molar-refractivity contribution in [3.8, 4) is 0 Å². The second kappa shape index (κ2) is 4.77. The number of aliphatic hydroxyl groups is 1. The van der Waals surface area contributed by atoms with Gasteiger partial charge in [-0.05, 0) is 25.8 Å². The minimum absolute atomic E-state index is 0.0692. The lowest BCUT2D eigenvalue weighted by Crippen LogP contribution is -2.42. The second-order valence-electron chi connectivity index (χ2n) is 4.37. The van der Waals surface area contributed by atoms with Crippen molar-refractivity contribution < 1.29 is 9.90 Å². The minimum Gasteiger partial charge on any atom is -0.388 e. The Bertz CT molecular complexity index is 276. The maximum Gasteiger partial charge on any atom is 0.247 e. The average Bonchev–Trinajstić information content (AvgIpc) is 2.11. The van der Waals surface area contributed by atoms with E-state index in [2.05, 4.69) is 10.6 Å². The fourth-order valence-corrected chi connectivity index (χ4v) is 1.20. The summed E-state index contributed by atoms with van der Waals surface area (Å²) < 4.78 is 0. The summed E-state index contributed by atoms with van der Waals surface area (Å²) in [5.74, 6) is -0.0692. The lowest BCUT2D eigenvalue weighted by atomic mass is 10.0. The van der Waals surface area contributed by atoms with E-state index in [0.717, 1.165) is 24.2 Å². The SMILES string of the molecule is CCC(C)(O)CNC(=O)C(C)=C1CNC1. The molecule has 1 fully saturated rings. The zero-order valence-corrected chi connectivity index (χ0v) is 9.68. The van der Waals surface area contributed by atoms with E-state index in [9.17, 15) is 9.90 Å². The molecule has 0 spiro atoms. The van der Waals surface area contributed by atoms with Gasteiger partial charge in [-0.2, -0.15) is 0 Å². The average molecular weight is 212 g/mol. The summed E-state index contributed by atoms with van der Waals surface area (Å²) in [4.78, 5) is 11.6. The summed E-state index contributed by atoms with van der Waals surface area (Å²) in [6.07, 6.45) is 0.629. The molecule has 1 amide bonds. The zero-order chi connectivity index (χ0) is 11.5. The lowest BCUT2D eigenvalue weighted by molar-refractivity contribution is -0.118. The smallest absolute Gasteiger partial charge is 0.247 e. The van der Waals surface area contributed by atoms with E-state index >= 15 is 0 Å². The van der Waals surface area contributed by atoms with Gasteiger partial charge in [0.1, 0.15) is 0 Å². The minimum atomic E-state index is -0.807. The molecule has 4 heteroatoms. The van der Waals surface area contributed by atoms with Gasteiger partial charge in [-0.25, -0.2) is 0 Å². The topological polar surface area (TPSA) is 61.4 Å². The van der Waals surface area contributed by atoms with Gasteiger partial charge in [0.05, 0.1) is 5.60 Å². The molecule has 0 aromatic rings. The monoisotopic (exact) mass is 212 g/mol. The van der Waals surface area contributed by atoms with Gasteiger partial charge in [0.2, 0.25) is 5.91 Å². The van der Waals surface area contributed by atoms with Crippen molar-refractivity contribution in [2.45, 2.75) is 32.8 Å². The van der Waals surface area contributed by atoms with Crippen LogP contribution >= 0.6 is 0 Å². The van der Waals surface area contributed by atoms with Crippen molar-refractivity contribution in [2.24, 2.45) is 0 Å². The number of hydrogen-bond acceptors (Lipinski definition) is 3. The van der Waals surface area contributed by atoms with Crippen LogP contribution < -0.4 is 10.6 Å². The Labute approximate surface area is 90.7 Å². The molecule has 86 valence electrons. The third-order valence-corrected chi connectivity index (χ3v) is 2.94. The Morgan fingerprint density at radius 2 is 2.20 bits per heavy atom. The molecule has 1 saturated heterocycles. The number of nitrogens with one attached hydrogen (secondary N) is 2. The van der Waals surface area contributed by atoms with Gasteiger partial charge in [-0.3, -0.25) is 4.79 Å². The normalized spacial score (nSPS) is 19.1. The molecular formula is C11H20N2O2. The Balaban J connectivity index is 2.43. The van der Waals surface area contributed by atoms with Crippen molar-refractivity contribution in [1.29, 1.82) is 0 Å². The van der Waals surface area contributed by atoms with Crippen LogP contribution in [0.3, 0.4) is 0 Å². The predicted molar refractivity (Wildman–Crippen MR) is 59.5 cm³/mol. The van der Waals surface area contributed by atoms with Crippen LogP contribution in [-0.2, 0) is 4.79 Å². The molecule has 1 aliphatic heterocycles. The largest absolute Gasteiger partial charge is 0.388 e. The van der Waals surface area contributed by atoms with Crippen LogP contribution in [0.5, 0.6) is 0 Å². The van der Waals surface area contributed by atoms with Crippen LogP contribution in [0.4, 0.5) is 0 Å². The molecule has 0 saturated carbocycles. The van der Waals surface area contributed by atoms with Gasteiger partial charge in [0.15, 0.2) is 0 Å². The first-order chi connectivity index (χ1) is 6.96. The van der Waals surface area contributed by atoms with E-state index in [1.165, 1.54) is 0 Å². The molecule has 3 N–H and O–H groups in total. The molecule has 0 radical (unpaired) electrons. The first kappa shape index (κ1) is 12.2. The van der Waals surface area contributed by atoms with Crippen LogP contribution in [0.1, 0.15) is 27.2 Å². The highest BCUT2D eigenvalue weighted by molar-refractivity contribution is 5.94. The predicted octanol–water partition coefficient (Wildman–Crippen LogP) is 0.183. The van der Waals surface area contributed by atoms with Crippen LogP contribution in [0.2, 0.25) is 0 Å². The maximum atomic E-state index is 11.6. The highest BCUT2D eigenvalue weighted by Gasteiger charge is 2.20. The number of carbonyl (C=O) groups is 1. The molecular weight excluding hydrogens is 192 g/mol. The number of carbonyl (C=O) groups excluding carboxylic acids is 1. The van der Waals surface area contributed by atoms with E-state index in [-0.39, 0.29) is 5.91 Å². The Kier molecular flexibility index (Phi) is 3.88. The summed E-state index contributed by atoms with van der Waals surface area (Å²) in [6, 6.07) is 0. The van der Waals surface area contributed by atoms with Crippen LogP contribution in [0, 0.1) is 0 Å². The summed E-state index contributed by atoms with van der Waals surface area (Å²) in [5, 5.41) is 15.6. The molecule has 1 rings (SSSR count). The first-order valence-electron chi connectivity index (χ1n) is 5.36. The Morgan fingerprint density at radius 1 is 1.60 bits per heavy atom. The molecule has 0 aromatic carbocycles. The summed E-state index contributed by atoms with van der Waals surface area (Å²) >= 11 is 0. The highest BCUT2D eigenvalue weighted by atomic mass is 16.3. The van der Waals surface area contributed by atoms with Crippen LogP contribution in [-0.4, -0.2) is 36.2 Å². The van der Waals surface area contributed by atoms with Crippen molar-refractivity contribution in [1.82, 2.24) is 10.6 Å². The molecule has 4 nitrogen and oxygen atoms in total. The standard InChI is InChI=1S/C11H20N2O2/c1-4-11(3,15)7-13-10(14)8(2)9-5-12-6-9/h12,15H,4-7H2,1-3H3,(H,13,14). The zero-order valence-electron chi connectivity index (χ0n) is 9.68. The van der Waals surface area contributed by atoms with Crippen LogP contribution in [0.25, 0.3) is 0 Å². The Hall–Kier alpha value is -0.870. The van der Waals surface area contributed by atoms with Crippen molar-refractivity contribution in [3.05, 3.63) is 11.1 Å². The maximum absolute atomic E-state index is 11.6. The Morgan fingerprint density at radius 3 is 2.60 bits per heavy atom.